The molecule has 1 unspecified atom stereocenters. The van der Waals surface area contributed by atoms with Crippen LogP contribution in [0.15, 0.2) is 10.9 Å². The average Bonchev–Trinajstić information content (AvgIpc) is 2.71. The molecule has 6 heteroatoms. The summed E-state index contributed by atoms with van der Waals surface area (Å²) >= 11 is 0. The smallest absolute Gasteiger partial charge is 0.339 e. The van der Waals surface area contributed by atoms with Crippen molar-refractivity contribution >= 4 is 11.6 Å². The van der Waals surface area contributed by atoms with Gasteiger partial charge in [0.25, 0.3) is 0 Å². The molecule has 1 fully saturated rings. The first-order valence-corrected chi connectivity index (χ1v) is 6.38. The van der Waals surface area contributed by atoms with Gasteiger partial charge in [0, 0.05) is 24.3 Å². The largest absolute Gasteiger partial charge is 0.350 e. The number of hydrogen-bond donors (Lipinski definition) is 1. The Balaban J connectivity index is 2.20. The Morgan fingerprint density at radius 1 is 1.44 bits per heavy atom. The number of nitrogens with zero attached hydrogens (tertiary/aromatic N) is 4. The van der Waals surface area contributed by atoms with E-state index in [0.717, 1.165) is 31.0 Å². The molecule has 1 aliphatic rings. The molecule has 1 N–H and O–H groups in total. The van der Waals surface area contributed by atoms with Crippen molar-refractivity contribution in [3.63, 3.8) is 0 Å². The van der Waals surface area contributed by atoms with Gasteiger partial charge in [-0.2, -0.15) is 5.10 Å². The zero-order valence-electron chi connectivity index (χ0n) is 10.7. The standard InChI is InChI=1S/C12H17N5O/c1-8-7-10-14-15-12(18)17(10)11(13-8)16-6-4-3-5-9(16)2/h7,9H,3-6H2,1-2H3,(H,15,18). The van der Waals surface area contributed by atoms with Gasteiger partial charge in [0.2, 0.25) is 5.95 Å². The van der Waals surface area contributed by atoms with E-state index >= 15 is 0 Å². The molecular formula is C12H17N5O. The summed E-state index contributed by atoms with van der Waals surface area (Å²) in [7, 11) is 0. The summed E-state index contributed by atoms with van der Waals surface area (Å²) < 4.78 is 1.56. The predicted octanol–water partition coefficient (Wildman–Crippen LogP) is 1.10. The fourth-order valence-corrected chi connectivity index (χ4v) is 2.61. The topological polar surface area (TPSA) is 66.3 Å². The lowest BCUT2D eigenvalue weighted by molar-refractivity contribution is 0.474. The highest BCUT2D eigenvalue weighted by atomic mass is 16.1. The maximum Gasteiger partial charge on any atom is 0.350 e. The molecule has 2 aromatic rings. The fourth-order valence-electron chi connectivity index (χ4n) is 2.61. The Labute approximate surface area is 105 Å². The van der Waals surface area contributed by atoms with Crippen molar-refractivity contribution < 1.29 is 0 Å². The minimum absolute atomic E-state index is 0.217. The van der Waals surface area contributed by atoms with Crippen LogP contribution >= 0.6 is 0 Å². The first-order chi connectivity index (χ1) is 8.66. The molecule has 0 aromatic carbocycles. The highest BCUT2D eigenvalue weighted by Crippen LogP contribution is 2.22. The van der Waals surface area contributed by atoms with Gasteiger partial charge < -0.3 is 4.90 Å². The summed E-state index contributed by atoms with van der Waals surface area (Å²) in [5, 5.41) is 6.51. The number of anilines is 1. The van der Waals surface area contributed by atoms with Gasteiger partial charge in [-0.25, -0.2) is 19.3 Å². The molecule has 6 nitrogen and oxygen atoms in total. The quantitative estimate of drug-likeness (QED) is 0.819. The van der Waals surface area contributed by atoms with E-state index in [1.165, 1.54) is 6.42 Å². The van der Waals surface area contributed by atoms with E-state index in [9.17, 15) is 4.79 Å². The number of aromatic amines is 1. The summed E-state index contributed by atoms with van der Waals surface area (Å²) in [6.45, 7) is 5.06. The van der Waals surface area contributed by atoms with Crippen LogP contribution in [-0.2, 0) is 0 Å². The van der Waals surface area contributed by atoms with Crippen molar-refractivity contribution in [3.05, 3.63) is 22.2 Å². The molecule has 2 aromatic heterocycles. The molecule has 3 heterocycles. The third-order valence-electron chi connectivity index (χ3n) is 3.57. The molecule has 18 heavy (non-hydrogen) atoms. The summed E-state index contributed by atoms with van der Waals surface area (Å²) in [6.07, 6.45) is 3.53. The monoisotopic (exact) mass is 247 g/mol. The van der Waals surface area contributed by atoms with Crippen LogP contribution in [0, 0.1) is 6.92 Å². The Morgan fingerprint density at radius 2 is 2.28 bits per heavy atom. The first kappa shape index (κ1) is 11.3. The minimum atomic E-state index is -0.217. The molecule has 0 amide bonds. The summed E-state index contributed by atoms with van der Waals surface area (Å²) in [5.41, 5.74) is 1.31. The van der Waals surface area contributed by atoms with Gasteiger partial charge >= 0.3 is 5.69 Å². The number of H-pyrrole nitrogens is 1. The Hall–Kier alpha value is -1.85. The zero-order valence-corrected chi connectivity index (χ0v) is 10.7. The lowest BCUT2D eigenvalue weighted by atomic mass is 10.0. The SMILES string of the molecule is Cc1cc2n[nH]c(=O)n2c(N2CCCCC2C)n1. The van der Waals surface area contributed by atoms with Crippen LogP contribution in [-0.4, -0.2) is 32.2 Å². The lowest BCUT2D eigenvalue weighted by Crippen LogP contribution is -2.40. The van der Waals surface area contributed by atoms with Gasteiger partial charge in [-0.1, -0.05) is 0 Å². The van der Waals surface area contributed by atoms with Crippen molar-refractivity contribution in [1.29, 1.82) is 0 Å². The van der Waals surface area contributed by atoms with Gasteiger partial charge in [-0.05, 0) is 33.1 Å². The molecule has 0 bridgehead atoms. The van der Waals surface area contributed by atoms with E-state index in [2.05, 4.69) is 27.0 Å². The molecule has 3 rings (SSSR count). The average molecular weight is 247 g/mol. The fraction of sp³-hybridized carbons (Fsp3) is 0.583. The predicted molar refractivity (Wildman–Crippen MR) is 69.0 cm³/mol. The molecule has 0 spiro atoms. The van der Waals surface area contributed by atoms with Crippen molar-refractivity contribution in [1.82, 2.24) is 19.6 Å². The number of aromatic nitrogens is 4. The Bertz CT molecular complexity index is 629. The highest BCUT2D eigenvalue weighted by Gasteiger charge is 2.23. The number of fused-ring (bicyclic) bond motifs is 1. The van der Waals surface area contributed by atoms with Crippen molar-refractivity contribution in [3.8, 4) is 0 Å². The van der Waals surface area contributed by atoms with Crippen molar-refractivity contribution in [2.45, 2.75) is 39.2 Å². The minimum Gasteiger partial charge on any atom is -0.339 e. The van der Waals surface area contributed by atoms with Crippen molar-refractivity contribution in [2.24, 2.45) is 0 Å². The second-order valence-corrected chi connectivity index (χ2v) is 4.96. The Kier molecular flexibility index (Phi) is 2.57. The molecular weight excluding hydrogens is 230 g/mol. The lowest BCUT2D eigenvalue weighted by Gasteiger charge is -2.34. The molecule has 1 atom stereocenters. The second-order valence-electron chi connectivity index (χ2n) is 4.96. The molecule has 96 valence electrons. The van der Waals surface area contributed by atoms with Crippen LogP contribution < -0.4 is 10.6 Å². The van der Waals surface area contributed by atoms with E-state index in [4.69, 9.17) is 0 Å². The van der Waals surface area contributed by atoms with E-state index in [1.54, 1.807) is 4.40 Å². The summed E-state index contributed by atoms with van der Waals surface area (Å²) in [5.74, 6) is 0.718. The van der Waals surface area contributed by atoms with Crippen LogP contribution in [0.1, 0.15) is 31.9 Å². The van der Waals surface area contributed by atoms with Crippen molar-refractivity contribution in [2.75, 3.05) is 11.4 Å². The third kappa shape index (κ3) is 1.68. The van der Waals surface area contributed by atoms with Crippen LogP contribution in [0.25, 0.3) is 5.65 Å². The van der Waals surface area contributed by atoms with Crippen LogP contribution in [0.4, 0.5) is 5.95 Å². The van der Waals surface area contributed by atoms with Gasteiger partial charge in [-0.3, -0.25) is 0 Å². The van der Waals surface area contributed by atoms with Gasteiger partial charge in [0.1, 0.15) is 0 Å². The summed E-state index contributed by atoms with van der Waals surface area (Å²) in [4.78, 5) is 18.6. The van der Waals surface area contributed by atoms with Gasteiger partial charge in [0.05, 0.1) is 0 Å². The third-order valence-corrected chi connectivity index (χ3v) is 3.57. The molecule has 0 saturated carbocycles. The maximum atomic E-state index is 11.8. The highest BCUT2D eigenvalue weighted by molar-refractivity contribution is 5.47. The number of aryl methyl sites for hydroxylation is 1. The van der Waals surface area contributed by atoms with Gasteiger partial charge in [-0.15, -0.1) is 0 Å². The van der Waals surface area contributed by atoms with Crippen LogP contribution in [0.2, 0.25) is 0 Å². The second kappa shape index (κ2) is 4.12. The van der Waals surface area contributed by atoms with Crippen LogP contribution in [0.3, 0.4) is 0 Å². The number of piperidine rings is 1. The number of rotatable bonds is 1. The summed E-state index contributed by atoms with van der Waals surface area (Å²) in [6, 6.07) is 2.23. The Morgan fingerprint density at radius 3 is 3.06 bits per heavy atom. The maximum absolute atomic E-state index is 11.8. The molecule has 0 radical (unpaired) electrons. The number of nitrogens with one attached hydrogen (secondary N) is 1. The molecule has 1 saturated heterocycles. The molecule has 0 aliphatic carbocycles. The van der Waals surface area contributed by atoms with E-state index in [0.29, 0.717) is 11.7 Å². The first-order valence-electron chi connectivity index (χ1n) is 6.38. The van der Waals surface area contributed by atoms with Crippen LogP contribution in [0.5, 0.6) is 0 Å². The molecule has 1 aliphatic heterocycles. The van der Waals surface area contributed by atoms with E-state index < -0.39 is 0 Å². The normalized spacial score (nSPS) is 20.6. The van der Waals surface area contributed by atoms with E-state index in [-0.39, 0.29) is 5.69 Å². The van der Waals surface area contributed by atoms with E-state index in [1.807, 2.05) is 13.0 Å². The van der Waals surface area contributed by atoms with Gasteiger partial charge in [0.15, 0.2) is 5.65 Å². The zero-order chi connectivity index (χ0) is 12.7. The number of hydrogen-bond acceptors (Lipinski definition) is 4.